The number of fused-ring (bicyclic) bond motifs is 3. The molecule has 1 aliphatic heterocycles. The summed E-state index contributed by atoms with van der Waals surface area (Å²) >= 11 is 0. The lowest BCUT2D eigenvalue weighted by atomic mass is 9.80. The fourth-order valence-electron chi connectivity index (χ4n) is 6.01. The lowest BCUT2D eigenvalue weighted by molar-refractivity contribution is -0.131. The van der Waals surface area contributed by atoms with Crippen molar-refractivity contribution in [1.82, 2.24) is 0 Å². The Kier molecular flexibility index (Phi) is 9.28. The highest BCUT2D eigenvalue weighted by Gasteiger charge is 2.41. The Balaban J connectivity index is 1.59. The second kappa shape index (κ2) is 12.7. The predicted octanol–water partition coefficient (Wildman–Crippen LogP) is 7.30. The first-order valence-electron chi connectivity index (χ1n) is 14.7. The van der Waals surface area contributed by atoms with Gasteiger partial charge in [-0.3, -0.25) is 9.59 Å². The largest absolute Gasteiger partial charge is 0.504 e. The Morgan fingerprint density at radius 3 is 2.17 bits per heavy atom. The number of allylic oxidation sites excluding steroid dienone is 1. The molecule has 1 aliphatic rings. The van der Waals surface area contributed by atoms with Gasteiger partial charge in [-0.1, -0.05) is 96.8 Å². The molecule has 3 aromatic rings. The molecule has 0 unspecified atom stereocenters. The van der Waals surface area contributed by atoms with Crippen molar-refractivity contribution >= 4 is 34.6 Å². The van der Waals surface area contributed by atoms with Crippen molar-refractivity contribution in [1.29, 1.82) is 0 Å². The molecule has 6 nitrogen and oxygen atoms in total. The summed E-state index contributed by atoms with van der Waals surface area (Å²) < 4.78 is 0. The lowest BCUT2D eigenvalue weighted by Crippen LogP contribution is -2.34. The van der Waals surface area contributed by atoms with Gasteiger partial charge in [0.25, 0.3) is 5.43 Å². The van der Waals surface area contributed by atoms with Gasteiger partial charge >= 0.3 is 5.97 Å². The van der Waals surface area contributed by atoms with E-state index >= 15 is 0 Å². The van der Waals surface area contributed by atoms with E-state index in [1.165, 1.54) is 51.4 Å². The Bertz CT molecular complexity index is 1500. The molecule has 0 saturated heterocycles. The van der Waals surface area contributed by atoms with Crippen LogP contribution in [0, 0.1) is 0 Å². The van der Waals surface area contributed by atoms with Gasteiger partial charge in [-0.05, 0) is 52.6 Å². The van der Waals surface area contributed by atoms with Crippen molar-refractivity contribution in [3.05, 3.63) is 79.2 Å². The minimum absolute atomic E-state index is 0.0827. The van der Waals surface area contributed by atoms with Gasteiger partial charge in [0.2, 0.25) is 5.43 Å². The fraction of sp³-hybridized carbons (Fsp3) is 0.441. The summed E-state index contributed by atoms with van der Waals surface area (Å²) in [6, 6.07) is 10.0. The highest BCUT2D eigenvalue weighted by atomic mass is 16.4. The lowest BCUT2D eigenvalue weighted by Gasteiger charge is -2.27. The normalized spacial score (nSPS) is 15.6. The van der Waals surface area contributed by atoms with Crippen LogP contribution >= 0.6 is 0 Å². The molecule has 0 aromatic heterocycles. The molecule has 2 N–H and O–H groups in total. The van der Waals surface area contributed by atoms with Gasteiger partial charge in [0.15, 0.2) is 5.75 Å². The maximum atomic E-state index is 12.3. The molecule has 4 rings (SSSR count). The molecule has 40 heavy (non-hydrogen) atoms. The number of aromatic hydroxyl groups is 1. The number of anilines is 1. The molecule has 0 atom stereocenters. The third-order valence-electron chi connectivity index (χ3n) is 8.22. The molecule has 6 heteroatoms. The maximum Gasteiger partial charge on any atom is 0.328 e. The van der Waals surface area contributed by atoms with E-state index in [1.807, 2.05) is 24.3 Å². The van der Waals surface area contributed by atoms with E-state index in [0.29, 0.717) is 0 Å². The first-order chi connectivity index (χ1) is 19.2. The molecule has 0 radical (unpaired) electrons. The molecular weight excluding hydrogens is 502 g/mol. The average molecular weight is 544 g/mol. The number of rotatable bonds is 14. The Labute approximate surface area is 236 Å². The number of carboxylic acids is 1. The molecule has 212 valence electrons. The number of hydrogen-bond acceptors (Lipinski definition) is 5. The summed E-state index contributed by atoms with van der Waals surface area (Å²) in [7, 11) is 0. The van der Waals surface area contributed by atoms with Gasteiger partial charge in [-0.2, -0.15) is 0 Å². The average Bonchev–Trinajstić information content (AvgIpc) is 3.16. The highest BCUT2D eigenvalue weighted by molar-refractivity contribution is 5.97. The highest BCUT2D eigenvalue weighted by Crippen LogP contribution is 2.51. The van der Waals surface area contributed by atoms with E-state index in [-0.39, 0.29) is 5.56 Å². The van der Waals surface area contributed by atoms with Crippen LogP contribution in [0.15, 0.2) is 51.7 Å². The zero-order valence-electron chi connectivity index (χ0n) is 24.0. The Morgan fingerprint density at radius 1 is 0.900 bits per heavy atom. The number of nitrogens with zero attached hydrogens (tertiary/aromatic N) is 1. The number of carbonyl (C=O) groups is 1. The fourth-order valence-corrected chi connectivity index (χ4v) is 6.01. The molecule has 0 bridgehead atoms. The summed E-state index contributed by atoms with van der Waals surface area (Å²) in [5.74, 6) is -1.45. The number of unbranched alkanes of at least 4 members (excludes halogenated alkanes) is 9. The summed E-state index contributed by atoms with van der Waals surface area (Å²) in [5.41, 5.74) is 2.00. The van der Waals surface area contributed by atoms with Gasteiger partial charge < -0.3 is 15.1 Å². The third kappa shape index (κ3) is 6.06. The maximum absolute atomic E-state index is 12.3. The van der Waals surface area contributed by atoms with Crippen LogP contribution in [-0.4, -0.2) is 22.7 Å². The topological polar surface area (TPSA) is 94.9 Å². The number of hydrogen-bond donors (Lipinski definition) is 2. The SMILES string of the molecule is CCCCCCCCCCCCN1/C(=C\c2c(O)c(=O)c2=O)C(C)(C)c2c1ccc1cc(/C=C/C(=O)O)ccc21. The summed E-state index contributed by atoms with van der Waals surface area (Å²) in [4.78, 5) is 37.2. The van der Waals surface area contributed by atoms with E-state index < -0.39 is 28.0 Å². The first-order valence-corrected chi connectivity index (χ1v) is 14.7. The minimum atomic E-state index is -0.992. The smallest absolute Gasteiger partial charge is 0.328 e. The van der Waals surface area contributed by atoms with Crippen LogP contribution in [0.3, 0.4) is 0 Å². The Hall–Kier alpha value is -3.67. The molecule has 0 saturated carbocycles. The molecule has 0 aliphatic carbocycles. The molecule has 1 heterocycles. The van der Waals surface area contributed by atoms with Crippen LogP contribution < -0.4 is 15.8 Å². The van der Waals surface area contributed by atoms with Crippen molar-refractivity contribution in [2.45, 2.75) is 90.4 Å². The molecular formula is C34H41NO5. The summed E-state index contributed by atoms with van der Waals surface area (Å²) in [6.07, 6.45) is 16.8. The third-order valence-corrected chi connectivity index (χ3v) is 8.22. The van der Waals surface area contributed by atoms with Crippen LogP contribution in [-0.2, 0) is 10.2 Å². The van der Waals surface area contributed by atoms with E-state index in [1.54, 1.807) is 12.2 Å². The van der Waals surface area contributed by atoms with Crippen molar-refractivity contribution in [2.24, 2.45) is 0 Å². The van der Waals surface area contributed by atoms with Crippen molar-refractivity contribution in [2.75, 3.05) is 11.4 Å². The van der Waals surface area contributed by atoms with Gasteiger partial charge in [-0.15, -0.1) is 0 Å². The second-order valence-corrected chi connectivity index (χ2v) is 11.5. The van der Waals surface area contributed by atoms with Gasteiger partial charge in [0.1, 0.15) is 0 Å². The van der Waals surface area contributed by atoms with E-state index in [0.717, 1.165) is 58.7 Å². The number of benzene rings is 2. The van der Waals surface area contributed by atoms with Crippen molar-refractivity contribution < 1.29 is 15.0 Å². The standard InChI is InChI=1S/C34H41NO5/c1-4-5-6-7-8-9-10-11-12-13-20-35-27-18-16-24-21-23(15-19-29(36)37)14-17-25(24)30(27)34(2,3)28(35)22-26-31(38)33(40)32(26)39/h14-19,21-22,38H,4-13,20H2,1-3H3,(H,36,37)/b19-15+,28-22-. The van der Waals surface area contributed by atoms with E-state index in [2.05, 4.69) is 31.7 Å². The van der Waals surface area contributed by atoms with Crippen molar-refractivity contribution in [3.63, 3.8) is 0 Å². The zero-order chi connectivity index (χ0) is 28.9. The van der Waals surface area contributed by atoms with Crippen molar-refractivity contribution in [3.8, 4) is 5.75 Å². The first kappa shape index (κ1) is 29.3. The molecule has 0 amide bonds. The van der Waals surface area contributed by atoms with Crippen LogP contribution in [0.4, 0.5) is 5.69 Å². The van der Waals surface area contributed by atoms with E-state index in [9.17, 15) is 19.5 Å². The number of aliphatic carboxylic acids is 1. The zero-order valence-corrected chi connectivity index (χ0v) is 24.0. The summed E-state index contributed by atoms with van der Waals surface area (Å²) in [5, 5.41) is 21.2. The van der Waals surface area contributed by atoms with Crippen LogP contribution in [0.2, 0.25) is 0 Å². The summed E-state index contributed by atoms with van der Waals surface area (Å²) in [6.45, 7) is 7.23. The molecule has 0 spiro atoms. The Morgan fingerprint density at radius 2 is 1.55 bits per heavy atom. The molecule has 3 aromatic carbocycles. The van der Waals surface area contributed by atoms with E-state index in [4.69, 9.17) is 5.11 Å². The van der Waals surface area contributed by atoms with Gasteiger partial charge in [-0.25, -0.2) is 4.79 Å². The monoisotopic (exact) mass is 543 g/mol. The van der Waals surface area contributed by atoms with Crippen LogP contribution in [0.25, 0.3) is 22.9 Å². The van der Waals surface area contributed by atoms with Gasteiger partial charge in [0, 0.05) is 29.4 Å². The van der Waals surface area contributed by atoms with Crippen LogP contribution in [0.1, 0.15) is 102 Å². The molecule has 0 fully saturated rings. The minimum Gasteiger partial charge on any atom is -0.504 e. The quantitative estimate of drug-likeness (QED) is 0.126. The van der Waals surface area contributed by atoms with Gasteiger partial charge in [0.05, 0.1) is 5.56 Å². The van der Waals surface area contributed by atoms with Crippen LogP contribution in [0.5, 0.6) is 5.75 Å². The second-order valence-electron chi connectivity index (χ2n) is 11.5. The predicted molar refractivity (Wildman–Crippen MR) is 164 cm³/mol. The number of carboxylic acid groups (broad SMARTS) is 1.